The van der Waals surface area contributed by atoms with Crippen LogP contribution >= 0.6 is 28.8 Å². The fraction of sp³-hybridized carbons (Fsp3) is 0. The second kappa shape index (κ2) is 18.3. The maximum absolute atomic E-state index is 6.47. The van der Waals surface area contributed by atoms with E-state index in [2.05, 4.69) is 11.9 Å². The average molecular weight is 173 g/mol. The molecule has 0 fully saturated rings. The minimum absolute atomic E-state index is 0. The monoisotopic (exact) mass is 172 g/mol. The third-order valence-corrected chi connectivity index (χ3v) is 0. The molecule has 0 radical (unpaired) electrons. The van der Waals surface area contributed by atoms with Crippen LogP contribution in [-0.4, -0.2) is 4.66 Å². The van der Waals surface area contributed by atoms with Crippen LogP contribution in [0, 0.1) is 0 Å². The molecule has 0 rings (SSSR count). The molecular formula is H3BrClKO. The Balaban J connectivity index is -0.00000000167. The van der Waals surface area contributed by atoms with Gasteiger partial charge in [0.15, 0.2) is 0 Å². The summed E-state index contributed by atoms with van der Waals surface area (Å²) in [5.41, 5.74) is 0. The number of hydrogen-bond donors (Lipinski definition) is 1. The molecule has 0 atom stereocenters. The summed E-state index contributed by atoms with van der Waals surface area (Å²) in [5, 5.41) is 0. The van der Waals surface area contributed by atoms with Gasteiger partial charge in [0.1, 0.15) is 0 Å². The van der Waals surface area contributed by atoms with Gasteiger partial charge in [-0.1, -0.05) is 0 Å². The van der Waals surface area contributed by atoms with Gasteiger partial charge in [0.2, 0.25) is 0 Å². The van der Waals surface area contributed by atoms with Gasteiger partial charge in [0.25, 0.3) is 0 Å². The van der Waals surface area contributed by atoms with Crippen molar-refractivity contribution in [3.63, 3.8) is 0 Å². The van der Waals surface area contributed by atoms with E-state index < -0.39 is 0 Å². The molecule has 0 aromatic rings. The molecule has 4 heteroatoms. The standard InChI is InChI=1S/BrH.ClHO.K.H/c;1-2;;/h1H;2H;;/q;;+1;-1. The van der Waals surface area contributed by atoms with Crippen LogP contribution in [0.1, 0.15) is 1.43 Å². The first-order chi connectivity index (χ1) is 1.00. The topological polar surface area (TPSA) is 20.2 Å². The van der Waals surface area contributed by atoms with Crippen LogP contribution in [-0.2, 0) is 0 Å². The molecule has 0 bridgehead atoms. The third-order valence-electron chi connectivity index (χ3n) is 0. The molecule has 0 amide bonds. The molecule has 0 aromatic carbocycles. The van der Waals surface area contributed by atoms with Gasteiger partial charge in [-0.15, -0.1) is 17.0 Å². The van der Waals surface area contributed by atoms with Crippen LogP contribution in [0.15, 0.2) is 0 Å². The van der Waals surface area contributed by atoms with E-state index >= 15 is 0 Å². The predicted octanol–water partition coefficient (Wildman–Crippen LogP) is -2.17. The Bertz CT molecular complexity index is 11.6. The van der Waals surface area contributed by atoms with E-state index in [1.54, 1.807) is 0 Å². The normalized spacial score (nSPS) is 1.50. The van der Waals surface area contributed by atoms with Crippen molar-refractivity contribution in [3.8, 4) is 0 Å². The van der Waals surface area contributed by atoms with Crippen LogP contribution in [0.2, 0.25) is 0 Å². The fourth-order valence-electron chi connectivity index (χ4n) is 0. The van der Waals surface area contributed by atoms with Gasteiger partial charge >= 0.3 is 51.4 Å². The van der Waals surface area contributed by atoms with E-state index in [4.69, 9.17) is 4.66 Å². The zero-order valence-electron chi connectivity index (χ0n) is 3.23. The Hall–Kier alpha value is 2.37. The maximum Gasteiger partial charge on any atom is 1.00 e. The van der Waals surface area contributed by atoms with Crippen LogP contribution in [0.5, 0.6) is 0 Å². The van der Waals surface area contributed by atoms with Crippen LogP contribution in [0.3, 0.4) is 0 Å². The smallest absolute Gasteiger partial charge is 1.00 e. The summed E-state index contributed by atoms with van der Waals surface area (Å²) in [6.07, 6.45) is 0. The van der Waals surface area contributed by atoms with Gasteiger partial charge in [0, 0.05) is 0 Å². The molecule has 0 aliphatic rings. The Kier molecular flexibility index (Phi) is 73.9. The largest absolute Gasteiger partial charge is 1.00 e. The van der Waals surface area contributed by atoms with Crippen molar-refractivity contribution in [1.29, 1.82) is 0 Å². The molecule has 24 valence electrons. The molecule has 4 heavy (non-hydrogen) atoms. The molecule has 0 saturated carbocycles. The first-order valence-electron chi connectivity index (χ1n) is 0.169. The zero-order chi connectivity index (χ0) is 2.00. The van der Waals surface area contributed by atoms with Crippen LogP contribution in [0.4, 0.5) is 0 Å². The van der Waals surface area contributed by atoms with Crippen molar-refractivity contribution in [2.75, 3.05) is 0 Å². The van der Waals surface area contributed by atoms with E-state index in [1.165, 1.54) is 0 Å². The number of halogens is 2. The average Bonchev–Trinajstić information content (AvgIpc) is 1.00. The first kappa shape index (κ1) is 16.2. The van der Waals surface area contributed by atoms with E-state index in [0.29, 0.717) is 0 Å². The van der Waals surface area contributed by atoms with E-state index in [1.807, 2.05) is 0 Å². The first-order valence-corrected chi connectivity index (χ1v) is 0.507. The van der Waals surface area contributed by atoms with Crippen molar-refractivity contribution in [1.82, 2.24) is 0 Å². The Morgan fingerprint density at radius 2 is 1.50 bits per heavy atom. The summed E-state index contributed by atoms with van der Waals surface area (Å²) < 4.78 is 6.47. The van der Waals surface area contributed by atoms with Gasteiger partial charge in [-0.3, -0.25) is 4.66 Å². The summed E-state index contributed by atoms with van der Waals surface area (Å²) in [4.78, 5) is 0. The predicted molar refractivity (Wildman–Crippen MR) is 19.5 cm³/mol. The van der Waals surface area contributed by atoms with E-state index in [9.17, 15) is 0 Å². The summed E-state index contributed by atoms with van der Waals surface area (Å²) in [5.74, 6) is 0. The number of hydrogen-bond acceptors (Lipinski definition) is 1. The second-order valence-corrected chi connectivity index (χ2v) is 0. The van der Waals surface area contributed by atoms with Crippen molar-refractivity contribution >= 4 is 28.8 Å². The van der Waals surface area contributed by atoms with Crippen molar-refractivity contribution in [3.05, 3.63) is 0 Å². The minimum atomic E-state index is 0. The second-order valence-electron chi connectivity index (χ2n) is 0. The molecule has 0 aliphatic heterocycles. The fourth-order valence-corrected chi connectivity index (χ4v) is 0. The van der Waals surface area contributed by atoms with Gasteiger partial charge in [-0.25, -0.2) is 0 Å². The zero-order valence-corrected chi connectivity index (χ0v) is 7.83. The SMILES string of the molecule is Br.OCl.[H-].[K+]. The van der Waals surface area contributed by atoms with Crippen LogP contribution in [0.25, 0.3) is 0 Å². The van der Waals surface area contributed by atoms with Gasteiger partial charge < -0.3 is 1.43 Å². The quantitative estimate of drug-likeness (QED) is 0.414. The Labute approximate surface area is 84.6 Å². The van der Waals surface area contributed by atoms with Crippen molar-refractivity contribution in [2.24, 2.45) is 0 Å². The van der Waals surface area contributed by atoms with Crippen LogP contribution < -0.4 is 51.4 Å². The molecule has 0 saturated heterocycles. The maximum atomic E-state index is 6.47. The summed E-state index contributed by atoms with van der Waals surface area (Å²) in [7, 11) is 0. The minimum Gasteiger partial charge on any atom is -1.00 e. The molecule has 1 N–H and O–H groups in total. The molecule has 0 spiro atoms. The third kappa shape index (κ3) is 8.84. The van der Waals surface area contributed by atoms with Crippen molar-refractivity contribution in [2.45, 2.75) is 0 Å². The van der Waals surface area contributed by atoms with E-state index in [0.717, 1.165) is 0 Å². The summed E-state index contributed by atoms with van der Waals surface area (Å²) >= 11 is 3.64. The Morgan fingerprint density at radius 1 is 1.50 bits per heavy atom. The summed E-state index contributed by atoms with van der Waals surface area (Å²) in [6, 6.07) is 0. The molecule has 0 heterocycles. The van der Waals surface area contributed by atoms with Gasteiger partial charge in [-0.05, 0) is 0 Å². The summed E-state index contributed by atoms with van der Waals surface area (Å²) in [6.45, 7) is 0. The molecule has 1 nitrogen and oxygen atoms in total. The van der Waals surface area contributed by atoms with Crippen molar-refractivity contribution < 1.29 is 57.5 Å². The van der Waals surface area contributed by atoms with E-state index in [-0.39, 0.29) is 69.8 Å². The Morgan fingerprint density at radius 3 is 1.50 bits per heavy atom. The molecule has 0 unspecified atom stereocenters. The number of rotatable bonds is 0. The molecule has 0 aliphatic carbocycles. The van der Waals surface area contributed by atoms with Gasteiger partial charge in [0.05, 0.1) is 11.9 Å². The molecular weight excluding hydrogens is 170 g/mol. The molecule has 0 aromatic heterocycles. The van der Waals surface area contributed by atoms with Gasteiger partial charge in [-0.2, -0.15) is 0 Å².